The molecule has 0 fully saturated rings. The van der Waals surface area contributed by atoms with Gasteiger partial charge in [0.15, 0.2) is 9.84 Å². The molecule has 2 aromatic rings. The van der Waals surface area contributed by atoms with Gasteiger partial charge in [-0.1, -0.05) is 17.7 Å². The molecule has 0 amide bonds. The largest absolute Gasteiger partial charge is 0.497 e. The second-order valence-electron chi connectivity index (χ2n) is 5.54. The molecule has 0 N–H and O–H groups in total. The molecule has 0 heterocycles. The first-order chi connectivity index (χ1) is 10.8. The standard InChI is InChI=1S/C18H21NO3S/c1-13-5-7-18(8-6-13)23(20,21)12-19-15(3)16-9-14(2)10-17(11-16)22-4/h5-11H,12H2,1-4H3. The highest BCUT2D eigenvalue weighted by Crippen LogP contribution is 2.18. The summed E-state index contributed by atoms with van der Waals surface area (Å²) < 4.78 is 29.9. The average molecular weight is 331 g/mol. The van der Waals surface area contributed by atoms with Crippen LogP contribution >= 0.6 is 0 Å². The molecule has 0 atom stereocenters. The van der Waals surface area contributed by atoms with E-state index in [0.717, 1.165) is 22.4 Å². The molecular formula is C18H21NO3S. The molecule has 122 valence electrons. The second-order valence-corrected chi connectivity index (χ2v) is 7.50. The van der Waals surface area contributed by atoms with Gasteiger partial charge in [0.05, 0.1) is 12.0 Å². The van der Waals surface area contributed by atoms with E-state index in [-0.39, 0.29) is 5.88 Å². The van der Waals surface area contributed by atoms with Crippen molar-refractivity contribution < 1.29 is 13.2 Å². The van der Waals surface area contributed by atoms with Crippen molar-refractivity contribution in [1.82, 2.24) is 0 Å². The molecule has 0 saturated carbocycles. The fraction of sp³-hybridized carbons (Fsp3) is 0.278. The van der Waals surface area contributed by atoms with Crippen molar-refractivity contribution in [1.29, 1.82) is 0 Å². The average Bonchev–Trinajstić information content (AvgIpc) is 2.52. The SMILES string of the molecule is COc1cc(C)cc(C(C)=NCS(=O)(=O)c2ccc(C)cc2)c1. The summed E-state index contributed by atoms with van der Waals surface area (Å²) >= 11 is 0. The third kappa shape index (κ3) is 4.42. The fourth-order valence-electron chi connectivity index (χ4n) is 2.17. The van der Waals surface area contributed by atoms with Gasteiger partial charge in [0, 0.05) is 5.71 Å². The van der Waals surface area contributed by atoms with Crippen LogP contribution in [0, 0.1) is 13.8 Å². The maximum Gasteiger partial charge on any atom is 0.198 e. The highest BCUT2D eigenvalue weighted by molar-refractivity contribution is 7.91. The number of ether oxygens (including phenoxy) is 1. The van der Waals surface area contributed by atoms with E-state index in [1.54, 1.807) is 38.3 Å². The third-order valence-corrected chi connectivity index (χ3v) is 5.02. The van der Waals surface area contributed by atoms with Gasteiger partial charge in [0.2, 0.25) is 0 Å². The summed E-state index contributed by atoms with van der Waals surface area (Å²) in [5, 5.41) is 0. The first-order valence-electron chi connectivity index (χ1n) is 7.28. The number of rotatable bonds is 5. The predicted molar refractivity (Wildman–Crippen MR) is 93.2 cm³/mol. The molecule has 0 unspecified atom stereocenters. The molecule has 0 aliphatic carbocycles. The summed E-state index contributed by atoms with van der Waals surface area (Å²) in [4.78, 5) is 4.55. The summed E-state index contributed by atoms with van der Waals surface area (Å²) in [6, 6.07) is 12.5. The van der Waals surface area contributed by atoms with Crippen molar-refractivity contribution >= 4 is 15.5 Å². The highest BCUT2D eigenvalue weighted by atomic mass is 32.2. The van der Waals surface area contributed by atoms with Gasteiger partial charge in [-0.2, -0.15) is 0 Å². The lowest BCUT2D eigenvalue weighted by Gasteiger charge is -2.07. The van der Waals surface area contributed by atoms with E-state index in [4.69, 9.17) is 4.74 Å². The Bertz CT molecular complexity index is 822. The Morgan fingerprint density at radius 1 is 1.04 bits per heavy atom. The van der Waals surface area contributed by atoms with Crippen molar-refractivity contribution in [2.75, 3.05) is 13.0 Å². The van der Waals surface area contributed by atoms with E-state index in [1.807, 2.05) is 32.0 Å². The zero-order valence-corrected chi connectivity index (χ0v) is 14.6. The van der Waals surface area contributed by atoms with Crippen LogP contribution in [0.1, 0.15) is 23.6 Å². The molecule has 23 heavy (non-hydrogen) atoms. The van der Waals surface area contributed by atoms with Crippen LogP contribution in [0.15, 0.2) is 52.4 Å². The number of aryl methyl sites for hydroxylation is 2. The van der Waals surface area contributed by atoms with Crippen molar-refractivity contribution in [2.45, 2.75) is 25.7 Å². The molecule has 2 aromatic carbocycles. The highest BCUT2D eigenvalue weighted by Gasteiger charge is 2.13. The van der Waals surface area contributed by atoms with E-state index in [1.165, 1.54) is 0 Å². The van der Waals surface area contributed by atoms with Gasteiger partial charge in [-0.25, -0.2) is 8.42 Å². The summed E-state index contributed by atoms with van der Waals surface area (Å²) in [5.74, 6) is 0.467. The number of aliphatic imine (C=N–C) groups is 1. The zero-order chi connectivity index (χ0) is 17.0. The minimum atomic E-state index is -3.42. The molecule has 0 spiro atoms. The monoisotopic (exact) mass is 331 g/mol. The smallest absolute Gasteiger partial charge is 0.198 e. The van der Waals surface area contributed by atoms with Crippen LogP contribution in [0.3, 0.4) is 0 Å². The van der Waals surface area contributed by atoms with Gasteiger partial charge in [-0.15, -0.1) is 0 Å². The first kappa shape index (κ1) is 17.2. The zero-order valence-electron chi connectivity index (χ0n) is 13.8. The number of nitrogens with zero attached hydrogens (tertiary/aromatic N) is 1. The molecule has 0 aliphatic heterocycles. The maximum absolute atomic E-state index is 12.3. The van der Waals surface area contributed by atoms with Gasteiger partial charge >= 0.3 is 0 Å². The van der Waals surface area contributed by atoms with Gasteiger partial charge in [0.25, 0.3) is 0 Å². The summed E-state index contributed by atoms with van der Waals surface area (Å²) in [5.41, 5.74) is 3.59. The number of hydrogen-bond donors (Lipinski definition) is 0. The van der Waals surface area contributed by atoms with Crippen molar-refractivity contribution in [2.24, 2.45) is 4.99 Å². The van der Waals surface area contributed by atoms with Crippen LogP contribution in [0.4, 0.5) is 0 Å². The third-order valence-electron chi connectivity index (χ3n) is 3.56. The lowest BCUT2D eigenvalue weighted by molar-refractivity contribution is 0.414. The fourth-order valence-corrected chi connectivity index (χ4v) is 3.23. The Morgan fingerprint density at radius 2 is 1.70 bits per heavy atom. The second kappa shape index (κ2) is 6.96. The number of methoxy groups -OCH3 is 1. The van der Waals surface area contributed by atoms with E-state index in [2.05, 4.69) is 4.99 Å². The topological polar surface area (TPSA) is 55.7 Å². The van der Waals surface area contributed by atoms with Crippen LogP contribution in [-0.2, 0) is 9.84 Å². The van der Waals surface area contributed by atoms with Crippen LogP contribution in [0.25, 0.3) is 0 Å². The van der Waals surface area contributed by atoms with E-state index < -0.39 is 9.84 Å². The normalized spacial score (nSPS) is 12.3. The molecule has 0 bridgehead atoms. The molecule has 0 aliphatic rings. The molecule has 2 rings (SSSR count). The summed E-state index contributed by atoms with van der Waals surface area (Å²) in [6.07, 6.45) is 0. The maximum atomic E-state index is 12.3. The van der Waals surface area contributed by atoms with Crippen molar-refractivity contribution in [3.8, 4) is 5.75 Å². The lowest BCUT2D eigenvalue weighted by atomic mass is 10.1. The Morgan fingerprint density at radius 3 is 2.30 bits per heavy atom. The van der Waals surface area contributed by atoms with Crippen LogP contribution in [-0.4, -0.2) is 27.1 Å². The lowest BCUT2D eigenvalue weighted by Crippen LogP contribution is -2.07. The molecule has 0 aromatic heterocycles. The van der Waals surface area contributed by atoms with E-state index >= 15 is 0 Å². The summed E-state index contributed by atoms with van der Waals surface area (Å²) in [6.45, 7) is 5.69. The van der Waals surface area contributed by atoms with Crippen molar-refractivity contribution in [3.63, 3.8) is 0 Å². The van der Waals surface area contributed by atoms with Crippen molar-refractivity contribution in [3.05, 3.63) is 59.2 Å². The van der Waals surface area contributed by atoms with Gasteiger partial charge < -0.3 is 4.74 Å². The van der Waals surface area contributed by atoms with Gasteiger partial charge in [0.1, 0.15) is 11.6 Å². The van der Waals surface area contributed by atoms with Crippen LogP contribution in [0.5, 0.6) is 5.75 Å². The predicted octanol–water partition coefficient (Wildman–Crippen LogP) is 3.55. The Balaban J connectivity index is 2.25. The molecule has 0 saturated heterocycles. The Labute approximate surface area is 137 Å². The number of sulfone groups is 1. The van der Waals surface area contributed by atoms with Gasteiger partial charge in [-0.05, 0) is 62.2 Å². The van der Waals surface area contributed by atoms with Gasteiger partial charge in [-0.3, -0.25) is 4.99 Å². The Kier molecular flexibility index (Phi) is 5.21. The number of hydrogen-bond acceptors (Lipinski definition) is 4. The number of benzene rings is 2. The summed E-state index contributed by atoms with van der Waals surface area (Å²) in [7, 11) is -1.82. The molecule has 0 radical (unpaired) electrons. The quantitative estimate of drug-likeness (QED) is 0.787. The van der Waals surface area contributed by atoms with Crippen LogP contribution < -0.4 is 4.74 Å². The molecule has 4 nitrogen and oxygen atoms in total. The minimum Gasteiger partial charge on any atom is -0.497 e. The van der Waals surface area contributed by atoms with E-state index in [0.29, 0.717) is 10.6 Å². The van der Waals surface area contributed by atoms with E-state index in [9.17, 15) is 8.42 Å². The molecular weight excluding hydrogens is 310 g/mol. The van der Waals surface area contributed by atoms with Crippen LogP contribution in [0.2, 0.25) is 0 Å². The minimum absolute atomic E-state index is 0.266. The molecule has 5 heteroatoms. The first-order valence-corrected chi connectivity index (χ1v) is 8.93. The Hall–Kier alpha value is -2.14.